The van der Waals surface area contributed by atoms with Crippen molar-refractivity contribution >= 4 is 17.2 Å². The largest absolute Gasteiger partial charge is 0.367 e. The Morgan fingerprint density at radius 1 is 1.46 bits per heavy atom. The molecule has 8 heteroatoms. The van der Waals surface area contributed by atoms with E-state index in [4.69, 9.17) is 5.26 Å². The summed E-state index contributed by atoms with van der Waals surface area (Å²) in [7, 11) is 0. The van der Waals surface area contributed by atoms with Crippen LogP contribution in [0, 0.1) is 34.2 Å². The van der Waals surface area contributed by atoms with E-state index in [1.165, 1.54) is 12.3 Å². The number of piperidine rings is 1. The van der Waals surface area contributed by atoms with Gasteiger partial charge in [-0.25, -0.2) is 9.37 Å². The van der Waals surface area contributed by atoms with Crippen LogP contribution in [0.5, 0.6) is 0 Å². The molecule has 0 bridgehead atoms. The molecule has 1 fully saturated rings. The Bertz CT molecular complexity index is 880. The number of nitro groups is 1. The van der Waals surface area contributed by atoms with Crippen molar-refractivity contribution < 1.29 is 9.31 Å². The second kappa shape index (κ2) is 7.35. The van der Waals surface area contributed by atoms with Crippen molar-refractivity contribution in [2.24, 2.45) is 0 Å². The van der Waals surface area contributed by atoms with Gasteiger partial charge in [-0.2, -0.15) is 5.26 Å². The summed E-state index contributed by atoms with van der Waals surface area (Å²) < 4.78 is 14.3. The van der Waals surface area contributed by atoms with Gasteiger partial charge in [-0.05, 0) is 44.0 Å². The number of pyridine rings is 1. The number of nitrogens with zero attached hydrogens (tertiary/aromatic N) is 4. The topological polar surface area (TPSA) is 95.1 Å². The fourth-order valence-electron chi connectivity index (χ4n) is 3.17. The van der Waals surface area contributed by atoms with E-state index >= 15 is 0 Å². The summed E-state index contributed by atoms with van der Waals surface area (Å²) in [6.07, 6.45) is 3.02. The summed E-state index contributed by atoms with van der Waals surface area (Å²) in [5.41, 5.74) is 1.30. The van der Waals surface area contributed by atoms with E-state index in [9.17, 15) is 14.5 Å². The molecule has 1 aliphatic heterocycles. The Labute approximate surface area is 150 Å². The van der Waals surface area contributed by atoms with Crippen molar-refractivity contribution in [1.29, 1.82) is 5.26 Å². The maximum atomic E-state index is 14.3. The number of aryl methyl sites for hydroxylation is 1. The molecule has 134 valence electrons. The van der Waals surface area contributed by atoms with Crippen molar-refractivity contribution in [3.63, 3.8) is 0 Å². The maximum absolute atomic E-state index is 14.3. The van der Waals surface area contributed by atoms with Gasteiger partial charge in [-0.15, -0.1) is 0 Å². The smallest absolute Gasteiger partial charge is 0.290 e. The van der Waals surface area contributed by atoms with Crippen LogP contribution in [0.4, 0.5) is 21.6 Å². The van der Waals surface area contributed by atoms with Gasteiger partial charge >= 0.3 is 0 Å². The summed E-state index contributed by atoms with van der Waals surface area (Å²) in [5.74, 6) is 0.161. The summed E-state index contributed by atoms with van der Waals surface area (Å²) >= 11 is 0. The highest BCUT2D eigenvalue weighted by molar-refractivity contribution is 5.53. The molecule has 1 aliphatic rings. The molecule has 1 unspecified atom stereocenters. The van der Waals surface area contributed by atoms with Gasteiger partial charge in [0.2, 0.25) is 0 Å². The van der Waals surface area contributed by atoms with Crippen LogP contribution in [0.3, 0.4) is 0 Å². The zero-order chi connectivity index (χ0) is 18.7. The highest BCUT2D eigenvalue weighted by Crippen LogP contribution is 2.26. The minimum absolute atomic E-state index is 0.0134. The van der Waals surface area contributed by atoms with Crippen LogP contribution in [0.15, 0.2) is 30.5 Å². The first-order valence-electron chi connectivity index (χ1n) is 8.30. The van der Waals surface area contributed by atoms with Gasteiger partial charge in [0.1, 0.15) is 17.8 Å². The molecule has 0 amide bonds. The van der Waals surface area contributed by atoms with E-state index in [1.807, 2.05) is 11.0 Å². The second-order valence-corrected chi connectivity index (χ2v) is 6.32. The Morgan fingerprint density at radius 3 is 2.92 bits per heavy atom. The summed E-state index contributed by atoms with van der Waals surface area (Å²) in [4.78, 5) is 16.5. The fraction of sp³-hybridized carbons (Fsp3) is 0.333. The zero-order valence-electron chi connectivity index (χ0n) is 14.3. The van der Waals surface area contributed by atoms with E-state index in [2.05, 4.69) is 10.3 Å². The molecule has 0 aliphatic carbocycles. The van der Waals surface area contributed by atoms with Crippen LogP contribution in [0.1, 0.15) is 24.0 Å². The fourth-order valence-corrected chi connectivity index (χ4v) is 3.17. The molecular weight excluding hydrogens is 337 g/mol. The average Bonchev–Trinajstić information content (AvgIpc) is 2.61. The van der Waals surface area contributed by atoms with E-state index in [0.717, 1.165) is 19.4 Å². The highest BCUT2D eigenvalue weighted by Gasteiger charge is 2.23. The monoisotopic (exact) mass is 355 g/mol. The molecule has 1 atom stereocenters. The highest BCUT2D eigenvalue weighted by atomic mass is 19.1. The first-order valence-corrected chi connectivity index (χ1v) is 8.30. The number of hydrogen-bond donors (Lipinski definition) is 1. The minimum atomic E-state index is -0.456. The van der Waals surface area contributed by atoms with Crippen LogP contribution in [0.25, 0.3) is 0 Å². The molecule has 1 aromatic heterocycles. The third-order valence-electron chi connectivity index (χ3n) is 4.47. The predicted molar refractivity (Wildman–Crippen MR) is 95.6 cm³/mol. The third-order valence-corrected chi connectivity index (χ3v) is 4.47. The normalized spacial score (nSPS) is 16.8. The van der Waals surface area contributed by atoms with Crippen LogP contribution in [0.2, 0.25) is 0 Å². The SMILES string of the molecule is Cc1cc(NC2CCCN(c3ccc(C#N)cc3F)C2)ncc1[N+](=O)[O-]. The minimum Gasteiger partial charge on any atom is -0.367 e. The quantitative estimate of drug-likeness (QED) is 0.667. The second-order valence-electron chi connectivity index (χ2n) is 6.32. The average molecular weight is 355 g/mol. The predicted octanol–water partition coefficient (Wildman–Crippen LogP) is 3.39. The van der Waals surface area contributed by atoms with Crippen molar-refractivity contribution in [3.05, 3.63) is 57.5 Å². The molecule has 2 heterocycles. The number of nitrogens with one attached hydrogen (secondary N) is 1. The standard InChI is InChI=1S/C18H18FN5O2/c1-12-7-18(21-10-17(12)24(25)26)22-14-3-2-6-23(11-14)16-5-4-13(9-20)8-15(16)19/h4-5,7-8,10,14H,2-3,6,11H2,1H3,(H,21,22). The van der Waals surface area contributed by atoms with Crippen LogP contribution in [-0.4, -0.2) is 29.0 Å². The molecule has 0 saturated carbocycles. The lowest BCUT2D eigenvalue weighted by molar-refractivity contribution is -0.385. The Morgan fingerprint density at radius 2 is 2.27 bits per heavy atom. The number of nitriles is 1. The lowest BCUT2D eigenvalue weighted by atomic mass is 10.0. The number of anilines is 2. The molecule has 0 spiro atoms. The number of halogens is 1. The lowest BCUT2D eigenvalue weighted by Gasteiger charge is -2.35. The Hall–Kier alpha value is -3.21. The third kappa shape index (κ3) is 3.72. The van der Waals surface area contributed by atoms with E-state index in [1.54, 1.807) is 25.1 Å². The van der Waals surface area contributed by atoms with Gasteiger partial charge in [0.15, 0.2) is 0 Å². The van der Waals surface area contributed by atoms with Gasteiger partial charge in [0.05, 0.1) is 22.2 Å². The first-order chi connectivity index (χ1) is 12.5. The van der Waals surface area contributed by atoms with Crippen LogP contribution >= 0.6 is 0 Å². The van der Waals surface area contributed by atoms with Crippen LogP contribution in [-0.2, 0) is 0 Å². The number of hydrogen-bond acceptors (Lipinski definition) is 6. The van der Waals surface area contributed by atoms with Gasteiger partial charge in [-0.1, -0.05) is 0 Å². The summed E-state index contributed by atoms with van der Waals surface area (Å²) in [6.45, 7) is 2.98. The zero-order valence-corrected chi connectivity index (χ0v) is 14.3. The van der Waals surface area contributed by atoms with Crippen molar-refractivity contribution in [3.8, 4) is 6.07 Å². The van der Waals surface area contributed by atoms with Crippen molar-refractivity contribution in [2.45, 2.75) is 25.8 Å². The molecule has 3 rings (SSSR count). The Balaban J connectivity index is 1.72. The van der Waals surface area contributed by atoms with Crippen LogP contribution < -0.4 is 10.2 Å². The molecule has 26 heavy (non-hydrogen) atoms. The van der Waals surface area contributed by atoms with Gasteiger partial charge in [0.25, 0.3) is 5.69 Å². The maximum Gasteiger partial charge on any atom is 0.290 e. The molecule has 2 aromatic rings. The van der Waals surface area contributed by atoms with Gasteiger partial charge in [-0.3, -0.25) is 10.1 Å². The number of benzene rings is 1. The lowest BCUT2D eigenvalue weighted by Crippen LogP contribution is -2.42. The summed E-state index contributed by atoms with van der Waals surface area (Å²) in [5, 5.41) is 23.0. The molecule has 1 N–H and O–H groups in total. The van der Waals surface area contributed by atoms with Crippen molar-refractivity contribution in [1.82, 2.24) is 4.98 Å². The first kappa shape index (κ1) is 17.6. The molecule has 1 aromatic carbocycles. The number of aromatic nitrogens is 1. The number of rotatable bonds is 4. The van der Waals surface area contributed by atoms with E-state index in [-0.39, 0.29) is 11.7 Å². The molecular formula is C18H18FN5O2. The summed E-state index contributed by atoms with van der Waals surface area (Å²) in [6, 6.07) is 8.11. The van der Waals surface area contributed by atoms with Gasteiger partial charge in [0, 0.05) is 24.7 Å². The van der Waals surface area contributed by atoms with Gasteiger partial charge < -0.3 is 10.2 Å². The molecule has 1 saturated heterocycles. The molecule has 7 nitrogen and oxygen atoms in total. The van der Waals surface area contributed by atoms with E-state index < -0.39 is 10.7 Å². The van der Waals surface area contributed by atoms with Crippen molar-refractivity contribution in [2.75, 3.05) is 23.3 Å². The van der Waals surface area contributed by atoms with E-state index in [0.29, 0.717) is 29.2 Å². The Kier molecular flexibility index (Phi) is 4.98. The molecule has 0 radical (unpaired) electrons.